The van der Waals surface area contributed by atoms with Crippen LogP contribution in [0.1, 0.15) is 5.56 Å². The Balaban J connectivity index is 1.85. The third kappa shape index (κ3) is 3.51. The molecule has 8 heteroatoms. The van der Waals surface area contributed by atoms with Gasteiger partial charge in [0, 0.05) is 24.3 Å². The monoisotopic (exact) mass is 426 g/mol. The number of oxazole rings is 1. The van der Waals surface area contributed by atoms with Gasteiger partial charge in [-0.3, -0.25) is 0 Å². The summed E-state index contributed by atoms with van der Waals surface area (Å²) in [6, 6.07) is 12.7. The number of hydrogen-bond donors (Lipinski definition) is 0. The minimum Gasteiger partial charge on any atom is -0.431 e. The van der Waals surface area contributed by atoms with Gasteiger partial charge in [-0.05, 0) is 29.8 Å². The van der Waals surface area contributed by atoms with Gasteiger partial charge in [0.2, 0.25) is 10.0 Å². The smallest absolute Gasteiger partial charge is 0.257 e. The van der Waals surface area contributed by atoms with E-state index in [1.165, 1.54) is 42.3 Å². The number of benzene rings is 2. The van der Waals surface area contributed by atoms with Crippen LogP contribution in [0.3, 0.4) is 0 Å². The summed E-state index contributed by atoms with van der Waals surface area (Å²) in [5.41, 5.74) is 2.25. The normalized spacial score (nSPS) is 12.2. The number of aromatic nitrogens is 1. The quantitative estimate of drug-likeness (QED) is 0.573. The first-order chi connectivity index (χ1) is 11.4. The van der Waals surface area contributed by atoms with Crippen LogP contribution >= 0.6 is 27.7 Å². The molecule has 1 heterocycles. The molecule has 5 nitrogen and oxygen atoms in total. The summed E-state index contributed by atoms with van der Waals surface area (Å²) in [5, 5.41) is 0.514. The van der Waals surface area contributed by atoms with E-state index >= 15 is 0 Å². The number of halogens is 1. The molecule has 0 unspecified atom stereocenters. The molecule has 3 aromatic rings. The molecule has 2 aromatic carbocycles. The first-order valence-corrected chi connectivity index (χ1v) is 10.3. The fraction of sp³-hybridized carbons (Fsp3) is 0.188. The van der Waals surface area contributed by atoms with E-state index in [-0.39, 0.29) is 4.90 Å². The van der Waals surface area contributed by atoms with Crippen molar-refractivity contribution in [3.05, 3.63) is 52.5 Å². The minimum atomic E-state index is -3.48. The van der Waals surface area contributed by atoms with Gasteiger partial charge in [0.05, 0.1) is 4.90 Å². The van der Waals surface area contributed by atoms with E-state index in [4.69, 9.17) is 4.42 Å². The molecule has 0 saturated carbocycles. The molecule has 0 bridgehead atoms. The molecule has 3 rings (SSSR count). The van der Waals surface area contributed by atoms with E-state index < -0.39 is 10.0 Å². The molecular formula is C16H15BrN2O3S2. The zero-order chi connectivity index (χ0) is 17.3. The highest BCUT2D eigenvalue weighted by atomic mass is 79.9. The SMILES string of the molecule is CN(C)S(=O)(=O)c1ccc2oc(SCc3ccccc3Br)nc2c1. The van der Waals surface area contributed by atoms with Gasteiger partial charge in [-0.25, -0.2) is 17.7 Å². The Kier molecular flexibility index (Phi) is 5.00. The second-order valence-corrected chi connectivity index (χ2v) is 9.21. The van der Waals surface area contributed by atoms with Crippen LogP contribution in [-0.4, -0.2) is 31.8 Å². The maximum absolute atomic E-state index is 12.2. The lowest BCUT2D eigenvalue weighted by Gasteiger charge is -2.10. The Morgan fingerprint density at radius 3 is 2.67 bits per heavy atom. The lowest BCUT2D eigenvalue weighted by atomic mass is 10.2. The predicted molar refractivity (Wildman–Crippen MR) is 98.6 cm³/mol. The molecule has 0 spiro atoms. The van der Waals surface area contributed by atoms with Crippen LogP contribution in [0.5, 0.6) is 0 Å². The molecule has 0 radical (unpaired) electrons. The first-order valence-electron chi connectivity index (χ1n) is 7.07. The predicted octanol–water partition coefficient (Wildman–Crippen LogP) is 4.13. The lowest BCUT2D eigenvalue weighted by Crippen LogP contribution is -2.22. The summed E-state index contributed by atoms with van der Waals surface area (Å²) in [6.07, 6.45) is 0. The van der Waals surface area contributed by atoms with Crippen LogP contribution in [0.4, 0.5) is 0 Å². The van der Waals surface area contributed by atoms with Crippen molar-refractivity contribution in [3.8, 4) is 0 Å². The van der Waals surface area contributed by atoms with Gasteiger partial charge >= 0.3 is 0 Å². The van der Waals surface area contributed by atoms with Crippen molar-refractivity contribution < 1.29 is 12.8 Å². The molecule has 0 amide bonds. The highest BCUT2D eigenvalue weighted by molar-refractivity contribution is 9.10. The van der Waals surface area contributed by atoms with Crippen molar-refractivity contribution in [1.82, 2.24) is 9.29 Å². The van der Waals surface area contributed by atoms with E-state index in [1.54, 1.807) is 6.07 Å². The van der Waals surface area contributed by atoms with Crippen LogP contribution < -0.4 is 0 Å². The molecular weight excluding hydrogens is 412 g/mol. The zero-order valence-corrected chi connectivity index (χ0v) is 16.3. The topological polar surface area (TPSA) is 63.4 Å². The number of rotatable bonds is 5. The lowest BCUT2D eigenvalue weighted by molar-refractivity contribution is 0.489. The Bertz CT molecular complexity index is 984. The van der Waals surface area contributed by atoms with Gasteiger partial charge < -0.3 is 4.42 Å². The van der Waals surface area contributed by atoms with E-state index in [0.29, 0.717) is 22.1 Å². The molecule has 24 heavy (non-hydrogen) atoms. The van der Waals surface area contributed by atoms with Gasteiger partial charge in [-0.2, -0.15) is 0 Å². The molecule has 0 aliphatic rings. The summed E-state index contributed by atoms with van der Waals surface area (Å²) < 4.78 is 32.3. The van der Waals surface area contributed by atoms with Crippen LogP contribution in [-0.2, 0) is 15.8 Å². The largest absolute Gasteiger partial charge is 0.431 e. The number of nitrogens with zero attached hydrogens (tertiary/aromatic N) is 2. The molecule has 1 aromatic heterocycles. The summed E-state index contributed by atoms with van der Waals surface area (Å²) >= 11 is 4.98. The van der Waals surface area contributed by atoms with Crippen molar-refractivity contribution in [1.29, 1.82) is 0 Å². The fourth-order valence-electron chi connectivity index (χ4n) is 2.07. The second kappa shape index (κ2) is 6.87. The van der Waals surface area contributed by atoms with E-state index in [2.05, 4.69) is 20.9 Å². The third-order valence-corrected chi connectivity index (χ3v) is 6.89. The summed E-state index contributed by atoms with van der Waals surface area (Å²) in [6.45, 7) is 0. The Hall–Kier alpha value is -1.35. The molecule has 0 atom stereocenters. The van der Waals surface area contributed by atoms with Gasteiger partial charge in [0.25, 0.3) is 5.22 Å². The summed E-state index contributed by atoms with van der Waals surface area (Å²) in [5.74, 6) is 0.705. The molecule has 0 fully saturated rings. The third-order valence-electron chi connectivity index (χ3n) is 3.43. The first kappa shape index (κ1) is 17.5. The molecule has 0 saturated heterocycles. The number of fused-ring (bicyclic) bond motifs is 1. The average molecular weight is 427 g/mol. The van der Waals surface area contributed by atoms with Gasteiger partial charge in [-0.1, -0.05) is 45.9 Å². The van der Waals surface area contributed by atoms with Crippen molar-refractivity contribution in [2.24, 2.45) is 0 Å². The molecule has 126 valence electrons. The number of hydrogen-bond acceptors (Lipinski definition) is 5. The van der Waals surface area contributed by atoms with Gasteiger partial charge in [0.15, 0.2) is 5.58 Å². The van der Waals surface area contributed by atoms with Crippen molar-refractivity contribution in [2.45, 2.75) is 15.9 Å². The Morgan fingerprint density at radius 1 is 1.21 bits per heavy atom. The van der Waals surface area contributed by atoms with Crippen LogP contribution in [0.25, 0.3) is 11.1 Å². The van der Waals surface area contributed by atoms with Crippen LogP contribution in [0, 0.1) is 0 Å². The van der Waals surface area contributed by atoms with Crippen molar-refractivity contribution in [3.63, 3.8) is 0 Å². The van der Waals surface area contributed by atoms with Gasteiger partial charge in [0.1, 0.15) is 5.52 Å². The van der Waals surface area contributed by atoms with Crippen molar-refractivity contribution in [2.75, 3.05) is 14.1 Å². The standard InChI is InChI=1S/C16H15BrN2O3S2/c1-19(2)24(20,21)12-7-8-15-14(9-12)18-16(22-15)23-10-11-5-3-4-6-13(11)17/h3-9H,10H2,1-2H3. The number of sulfonamides is 1. The average Bonchev–Trinajstić information content (AvgIpc) is 2.95. The maximum atomic E-state index is 12.2. The zero-order valence-electron chi connectivity index (χ0n) is 13.1. The summed E-state index contributed by atoms with van der Waals surface area (Å²) in [7, 11) is -0.479. The minimum absolute atomic E-state index is 0.204. The number of thioether (sulfide) groups is 1. The van der Waals surface area contributed by atoms with Gasteiger partial charge in [-0.15, -0.1) is 0 Å². The van der Waals surface area contributed by atoms with E-state index in [1.807, 2.05) is 24.3 Å². The molecule has 0 aliphatic carbocycles. The second-order valence-electron chi connectivity index (χ2n) is 5.28. The highest BCUT2D eigenvalue weighted by Gasteiger charge is 2.19. The van der Waals surface area contributed by atoms with E-state index in [0.717, 1.165) is 10.0 Å². The highest BCUT2D eigenvalue weighted by Crippen LogP contribution is 2.30. The molecule has 0 N–H and O–H groups in total. The maximum Gasteiger partial charge on any atom is 0.257 e. The van der Waals surface area contributed by atoms with Crippen molar-refractivity contribution >= 4 is 48.8 Å². The van der Waals surface area contributed by atoms with E-state index in [9.17, 15) is 8.42 Å². The molecule has 0 aliphatic heterocycles. The van der Waals surface area contributed by atoms with Crippen LogP contribution in [0.2, 0.25) is 0 Å². The fourth-order valence-corrected chi connectivity index (χ4v) is 4.45. The Morgan fingerprint density at radius 2 is 1.96 bits per heavy atom. The van der Waals surface area contributed by atoms with Crippen LogP contribution in [0.15, 0.2) is 61.5 Å². The Labute approximate surface area is 153 Å². The summed E-state index contributed by atoms with van der Waals surface area (Å²) in [4.78, 5) is 4.59.